The third-order valence-electron chi connectivity index (χ3n) is 3.19. The number of methoxy groups -OCH3 is 2. The van der Waals surface area contributed by atoms with Crippen molar-refractivity contribution in [2.75, 3.05) is 14.2 Å². The molecule has 0 unspecified atom stereocenters. The fourth-order valence-electron chi connectivity index (χ4n) is 2.45. The molecule has 0 spiro atoms. The van der Waals surface area contributed by atoms with E-state index in [0.717, 1.165) is 36.8 Å². The minimum absolute atomic E-state index is 0.503. The van der Waals surface area contributed by atoms with Crippen LogP contribution in [0.25, 0.3) is 0 Å². The van der Waals surface area contributed by atoms with Crippen molar-refractivity contribution in [2.45, 2.75) is 39.5 Å². The van der Waals surface area contributed by atoms with Crippen LogP contribution in [-0.2, 0) is 19.1 Å². The van der Waals surface area contributed by atoms with E-state index in [1.54, 1.807) is 0 Å². The second kappa shape index (κ2) is 5.34. The Bertz CT molecular complexity index is 320. The molecule has 0 aliphatic heterocycles. The Morgan fingerprint density at radius 2 is 1.29 bits per heavy atom. The first kappa shape index (κ1) is 13.7. The van der Waals surface area contributed by atoms with Crippen molar-refractivity contribution < 1.29 is 19.1 Å². The average Bonchev–Trinajstić information content (AvgIpc) is 2.97. The number of esters is 2. The van der Waals surface area contributed by atoms with Gasteiger partial charge in [-0.25, -0.2) is 0 Å². The second-order valence-corrected chi connectivity index (χ2v) is 4.19. The predicted molar refractivity (Wildman–Crippen MR) is 63.3 cm³/mol. The van der Waals surface area contributed by atoms with Gasteiger partial charge in [0.1, 0.15) is 0 Å². The highest BCUT2D eigenvalue weighted by Gasteiger charge is 2.65. The molecule has 0 atom stereocenters. The first-order valence-electron chi connectivity index (χ1n) is 6.00. The van der Waals surface area contributed by atoms with Crippen LogP contribution in [0.4, 0.5) is 0 Å². The zero-order valence-corrected chi connectivity index (χ0v) is 11.0. The third kappa shape index (κ3) is 1.96. The van der Waals surface area contributed by atoms with Crippen LogP contribution < -0.4 is 0 Å². The Hall–Kier alpha value is -1.32. The SMILES string of the molecule is CCCC1=C(CCC)C1(C(=O)OC)C(=O)OC. The molecule has 1 rings (SSSR count). The molecule has 1 aliphatic carbocycles. The van der Waals surface area contributed by atoms with Gasteiger partial charge in [0.05, 0.1) is 14.2 Å². The lowest BCUT2D eigenvalue weighted by Crippen LogP contribution is -2.33. The van der Waals surface area contributed by atoms with Crippen LogP contribution in [0.5, 0.6) is 0 Å². The molecule has 0 N–H and O–H groups in total. The molecule has 17 heavy (non-hydrogen) atoms. The van der Waals surface area contributed by atoms with E-state index in [0.29, 0.717) is 0 Å². The van der Waals surface area contributed by atoms with E-state index < -0.39 is 17.4 Å². The largest absolute Gasteiger partial charge is 0.468 e. The molecule has 0 radical (unpaired) electrons. The van der Waals surface area contributed by atoms with Crippen molar-refractivity contribution >= 4 is 11.9 Å². The molecular formula is C13H20O4. The smallest absolute Gasteiger partial charge is 0.331 e. The second-order valence-electron chi connectivity index (χ2n) is 4.19. The number of hydrogen-bond acceptors (Lipinski definition) is 4. The lowest BCUT2D eigenvalue weighted by Gasteiger charge is -2.15. The first-order valence-corrected chi connectivity index (χ1v) is 6.00. The maximum atomic E-state index is 11.9. The van der Waals surface area contributed by atoms with Gasteiger partial charge in [0.25, 0.3) is 0 Å². The van der Waals surface area contributed by atoms with Crippen LogP contribution >= 0.6 is 0 Å². The van der Waals surface area contributed by atoms with Gasteiger partial charge in [-0.1, -0.05) is 26.7 Å². The van der Waals surface area contributed by atoms with Gasteiger partial charge in [-0.3, -0.25) is 9.59 Å². The number of carbonyl (C=O) groups is 2. The summed E-state index contributed by atoms with van der Waals surface area (Å²) in [7, 11) is 2.61. The zero-order valence-electron chi connectivity index (χ0n) is 11.0. The zero-order chi connectivity index (χ0) is 13.1. The molecule has 0 saturated heterocycles. The summed E-state index contributed by atoms with van der Waals surface area (Å²) < 4.78 is 9.54. The summed E-state index contributed by atoms with van der Waals surface area (Å²) in [6.07, 6.45) is 3.30. The maximum absolute atomic E-state index is 11.9. The van der Waals surface area contributed by atoms with Crippen LogP contribution in [0.15, 0.2) is 11.1 Å². The molecule has 0 aromatic heterocycles. The van der Waals surface area contributed by atoms with Crippen LogP contribution in [0.2, 0.25) is 0 Å². The van der Waals surface area contributed by atoms with E-state index in [-0.39, 0.29) is 0 Å². The van der Waals surface area contributed by atoms with Gasteiger partial charge in [-0.05, 0) is 24.0 Å². The Morgan fingerprint density at radius 1 is 0.941 bits per heavy atom. The topological polar surface area (TPSA) is 52.6 Å². The van der Waals surface area contributed by atoms with Gasteiger partial charge in [0, 0.05) is 0 Å². The van der Waals surface area contributed by atoms with E-state index in [4.69, 9.17) is 9.47 Å². The molecule has 0 aromatic carbocycles. The molecular weight excluding hydrogens is 220 g/mol. The van der Waals surface area contributed by atoms with Crippen molar-refractivity contribution in [3.05, 3.63) is 11.1 Å². The Labute approximate surface area is 102 Å². The summed E-state index contributed by atoms with van der Waals surface area (Å²) >= 11 is 0. The standard InChI is InChI=1S/C13H20O4/c1-5-7-9-10(8-6-2)13(9,11(14)16-3)12(15)17-4/h5-8H2,1-4H3. The van der Waals surface area contributed by atoms with Gasteiger partial charge in [0.2, 0.25) is 5.41 Å². The number of ether oxygens (including phenoxy) is 2. The summed E-state index contributed by atoms with van der Waals surface area (Å²) in [6, 6.07) is 0. The highest BCUT2D eigenvalue weighted by Crippen LogP contribution is 2.58. The van der Waals surface area contributed by atoms with Crippen molar-refractivity contribution in [3.63, 3.8) is 0 Å². The van der Waals surface area contributed by atoms with Crippen LogP contribution in [0.3, 0.4) is 0 Å². The van der Waals surface area contributed by atoms with Crippen molar-refractivity contribution in [1.29, 1.82) is 0 Å². The molecule has 0 saturated carbocycles. The lowest BCUT2D eigenvalue weighted by molar-refractivity contribution is -0.160. The fraction of sp³-hybridized carbons (Fsp3) is 0.692. The van der Waals surface area contributed by atoms with Crippen LogP contribution in [0, 0.1) is 5.41 Å². The van der Waals surface area contributed by atoms with Gasteiger partial charge in [-0.15, -0.1) is 0 Å². The minimum atomic E-state index is -1.18. The fourth-order valence-corrected chi connectivity index (χ4v) is 2.45. The summed E-state index contributed by atoms with van der Waals surface area (Å²) in [5.74, 6) is -1.01. The summed E-state index contributed by atoms with van der Waals surface area (Å²) in [5, 5.41) is 0. The Balaban J connectivity index is 3.03. The quantitative estimate of drug-likeness (QED) is 0.406. The van der Waals surface area contributed by atoms with Crippen LogP contribution in [0.1, 0.15) is 39.5 Å². The highest BCUT2D eigenvalue weighted by molar-refractivity contribution is 6.12. The molecule has 4 heteroatoms. The molecule has 96 valence electrons. The normalized spacial score (nSPS) is 16.7. The Morgan fingerprint density at radius 3 is 1.53 bits per heavy atom. The monoisotopic (exact) mass is 240 g/mol. The number of carbonyl (C=O) groups excluding carboxylic acids is 2. The number of rotatable bonds is 6. The highest BCUT2D eigenvalue weighted by atomic mass is 16.5. The minimum Gasteiger partial charge on any atom is -0.468 e. The molecule has 0 bridgehead atoms. The molecule has 0 amide bonds. The molecule has 1 aliphatic rings. The molecule has 0 fully saturated rings. The van der Waals surface area contributed by atoms with E-state index in [1.807, 2.05) is 13.8 Å². The van der Waals surface area contributed by atoms with E-state index >= 15 is 0 Å². The summed E-state index contributed by atoms with van der Waals surface area (Å²) in [4.78, 5) is 23.8. The van der Waals surface area contributed by atoms with Gasteiger partial charge in [0.15, 0.2) is 0 Å². The van der Waals surface area contributed by atoms with Gasteiger partial charge in [-0.2, -0.15) is 0 Å². The molecule has 0 heterocycles. The van der Waals surface area contributed by atoms with Crippen molar-refractivity contribution in [3.8, 4) is 0 Å². The van der Waals surface area contributed by atoms with Crippen molar-refractivity contribution in [2.24, 2.45) is 5.41 Å². The molecule has 4 nitrogen and oxygen atoms in total. The van der Waals surface area contributed by atoms with Crippen molar-refractivity contribution in [1.82, 2.24) is 0 Å². The summed E-state index contributed by atoms with van der Waals surface area (Å²) in [5.41, 5.74) is 0.622. The predicted octanol–water partition coefficient (Wildman–Crippen LogP) is 2.23. The van der Waals surface area contributed by atoms with Crippen LogP contribution in [-0.4, -0.2) is 26.2 Å². The third-order valence-corrected chi connectivity index (χ3v) is 3.19. The average molecular weight is 240 g/mol. The first-order chi connectivity index (χ1) is 8.10. The van der Waals surface area contributed by atoms with E-state index in [9.17, 15) is 9.59 Å². The lowest BCUT2D eigenvalue weighted by atomic mass is 9.94. The maximum Gasteiger partial charge on any atom is 0.331 e. The van der Waals surface area contributed by atoms with E-state index in [1.165, 1.54) is 14.2 Å². The van der Waals surface area contributed by atoms with E-state index in [2.05, 4.69) is 0 Å². The molecule has 0 aromatic rings. The summed E-state index contributed by atoms with van der Waals surface area (Å²) in [6.45, 7) is 4.04. The van der Waals surface area contributed by atoms with Gasteiger partial charge >= 0.3 is 11.9 Å². The van der Waals surface area contributed by atoms with Gasteiger partial charge < -0.3 is 9.47 Å². The number of hydrogen-bond donors (Lipinski definition) is 0. The Kier molecular flexibility index (Phi) is 4.32.